The molecular weight excluding hydrogens is 503 g/mol. The molecule has 3 aromatic carbocycles. The normalized spacial score (nSPS) is 16.8. The van der Waals surface area contributed by atoms with Gasteiger partial charge in [-0.1, -0.05) is 37.5 Å². The third-order valence-corrected chi connectivity index (χ3v) is 8.18. The lowest BCUT2D eigenvalue weighted by Crippen LogP contribution is -2.44. The monoisotopic (exact) mass is 540 g/mol. The van der Waals surface area contributed by atoms with Crippen LogP contribution in [0.15, 0.2) is 66.7 Å². The molecule has 1 saturated heterocycles. The maximum absolute atomic E-state index is 13.8. The lowest BCUT2D eigenvalue weighted by Gasteiger charge is -2.34. The summed E-state index contributed by atoms with van der Waals surface area (Å²) in [6.45, 7) is 4.04. The van der Waals surface area contributed by atoms with E-state index in [1.165, 1.54) is 25.3 Å². The predicted molar refractivity (Wildman–Crippen MR) is 159 cm³/mol. The Kier molecular flexibility index (Phi) is 7.68. The zero-order valence-electron chi connectivity index (χ0n) is 23.1. The zero-order chi connectivity index (χ0) is 27.5. The SMILES string of the molecule is CN1CCN(c2ccc(C(=O)Nc3nn(NC4CCCCC4)c4ccc(Cc5cccc(F)c5)cc34)cc2)CC1. The number of carbonyl (C=O) groups is 1. The summed E-state index contributed by atoms with van der Waals surface area (Å²) in [5, 5.41) is 8.74. The number of anilines is 2. The topological polar surface area (TPSA) is 65.4 Å². The summed E-state index contributed by atoms with van der Waals surface area (Å²) in [7, 11) is 2.14. The van der Waals surface area contributed by atoms with Gasteiger partial charge in [0.1, 0.15) is 5.82 Å². The summed E-state index contributed by atoms with van der Waals surface area (Å²) in [6.07, 6.45) is 6.51. The Morgan fingerprint density at radius 3 is 2.42 bits per heavy atom. The van der Waals surface area contributed by atoms with Crippen molar-refractivity contribution in [3.05, 3.63) is 89.2 Å². The fraction of sp³-hybridized carbons (Fsp3) is 0.375. The third-order valence-electron chi connectivity index (χ3n) is 8.18. The molecule has 6 rings (SSSR count). The summed E-state index contributed by atoms with van der Waals surface area (Å²) >= 11 is 0. The number of fused-ring (bicyclic) bond motifs is 1. The number of rotatable bonds is 7. The molecule has 0 atom stereocenters. The fourth-order valence-corrected chi connectivity index (χ4v) is 5.82. The van der Waals surface area contributed by atoms with Crippen molar-refractivity contribution < 1.29 is 9.18 Å². The number of halogens is 1. The van der Waals surface area contributed by atoms with E-state index in [1.54, 1.807) is 12.1 Å². The molecule has 1 aliphatic heterocycles. The highest BCUT2D eigenvalue weighted by molar-refractivity contribution is 6.08. The molecule has 208 valence electrons. The molecular formula is C32H37FN6O. The Morgan fingerprint density at radius 2 is 1.68 bits per heavy atom. The minimum atomic E-state index is -0.241. The van der Waals surface area contributed by atoms with Crippen molar-refractivity contribution in [2.24, 2.45) is 0 Å². The molecule has 2 aliphatic rings. The lowest BCUT2D eigenvalue weighted by atomic mass is 9.96. The van der Waals surface area contributed by atoms with Crippen molar-refractivity contribution in [3.63, 3.8) is 0 Å². The zero-order valence-corrected chi connectivity index (χ0v) is 23.1. The van der Waals surface area contributed by atoms with Crippen LogP contribution in [-0.4, -0.2) is 60.0 Å². The highest BCUT2D eigenvalue weighted by Gasteiger charge is 2.20. The van der Waals surface area contributed by atoms with Gasteiger partial charge in [-0.3, -0.25) is 4.79 Å². The van der Waals surface area contributed by atoms with Gasteiger partial charge in [0.2, 0.25) is 0 Å². The first kappa shape index (κ1) is 26.3. The third kappa shape index (κ3) is 5.97. The van der Waals surface area contributed by atoms with E-state index in [9.17, 15) is 9.18 Å². The van der Waals surface area contributed by atoms with Gasteiger partial charge in [-0.05, 0) is 86.0 Å². The summed E-state index contributed by atoms with van der Waals surface area (Å²) in [5.41, 5.74) is 8.15. The first-order valence-corrected chi connectivity index (χ1v) is 14.4. The smallest absolute Gasteiger partial charge is 0.256 e. The van der Waals surface area contributed by atoms with E-state index in [4.69, 9.17) is 5.10 Å². The first-order valence-electron chi connectivity index (χ1n) is 14.4. The number of hydrogen-bond donors (Lipinski definition) is 2. The van der Waals surface area contributed by atoms with Gasteiger partial charge in [0.15, 0.2) is 5.82 Å². The van der Waals surface area contributed by atoms with Crippen LogP contribution >= 0.6 is 0 Å². The number of aromatic nitrogens is 2. The van der Waals surface area contributed by atoms with Gasteiger partial charge in [0, 0.05) is 48.9 Å². The highest BCUT2D eigenvalue weighted by atomic mass is 19.1. The molecule has 1 aliphatic carbocycles. The summed E-state index contributed by atoms with van der Waals surface area (Å²) < 4.78 is 13.8. The Bertz CT molecular complexity index is 1470. The molecule has 0 unspecified atom stereocenters. The van der Waals surface area contributed by atoms with Crippen LogP contribution in [0, 0.1) is 5.82 Å². The molecule has 4 aromatic rings. The maximum atomic E-state index is 13.8. The lowest BCUT2D eigenvalue weighted by molar-refractivity contribution is 0.102. The second kappa shape index (κ2) is 11.7. The van der Waals surface area contributed by atoms with Crippen molar-refractivity contribution in [1.29, 1.82) is 0 Å². The van der Waals surface area contributed by atoms with Crippen molar-refractivity contribution in [1.82, 2.24) is 14.8 Å². The molecule has 0 bridgehead atoms. The highest BCUT2D eigenvalue weighted by Crippen LogP contribution is 2.27. The van der Waals surface area contributed by atoms with E-state index in [2.05, 4.69) is 39.7 Å². The first-order chi connectivity index (χ1) is 19.5. The van der Waals surface area contributed by atoms with Crippen LogP contribution in [0.3, 0.4) is 0 Å². The van der Waals surface area contributed by atoms with Crippen LogP contribution in [0.25, 0.3) is 10.9 Å². The number of amides is 1. The molecule has 40 heavy (non-hydrogen) atoms. The molecule has 0 spiro atoms. The number of hydrogen-bond acceptors (Lipinski definition) is 5. The summed E-state index contributed by atoms with van der Waals surface area (Å²) in [6, 6.07) is 21.0. The molecule has 2 fully saturated rings. The van der Waals surface area contributed by atoms with Crippen LogP contribution in [0.5, 0.6) is 0 Å². The van der Waals surface area contributed by atoms with E-state index in [0.717, 1.165) is 66.7 Å². The number of piperazine rings is 1. The van der Waals surface area contributed by atoms with Gasteiger partial charge in [-0.15, -0.1) is 5.10 Å². The minimum absolute atomic E-state index is 0.190. The summed E-state index contributed by atoms with van der Waals surface area (Å²) in [4.78, 5) is 19.9. The number of nitrogens with zero attached hydrogens (tertiary/aromatic N) is 4. The number of carbonyl (C=O) groups excluding carboxylic acids is 1. The van der Waals surface area contributed by atoms with Gasteiger partial charge in [-0.25, -0.2) is 4.39 Å². The largest absolute Gasteiger partial charge is 0.369 e. The van der Waals surface area contributed by atoms with Crippen LogP contribution in [-0.2, 0) is 6.42 Å². The van der Waals surface area contributed by atoms with E-state index in [-0.39, 0.29) is 11.7 Å². The Hall–Kier alpha value is -3.91. The van der Waals surface area contributed by atoms with Gasteiger partial charge in [0.25, 0.3) is 5.91 Å². The molecule has 1 saturated carbocycles. The van der Waals surface area contributed by atoms with Crippen molar-refractivity contribution >= 4 is 28.3 Å². The van der Waals surface area contributed by atoms with Crippen LogP contribution in [0.4, 0.5) is 15.9 Å². The molecule has 7 nitrogen and oxygen atoms in total. The van der Waals surface area contributed by atoms with E-state index in [1.807, 2.05) is 41.2 Å². The van der Waals surface area contributed by atoms with Gasteiger partial charge < -0.3 is 20.5 Å². The molecule has 2 heterocycles. The number of nitrogens with one attached hydrogen (secondary N) is 2. The molecule has 1 aromatic heterocycles. The van der Waals surface area contributed by atoms with Crippen LogP contribution in [0.1, 0.15) is 53.6 Å². The quantitative estimate of drug-likeness (QED) is 0.317. The van der Waals surface area contributed by atoms with Crippen molar-refractivity contribution in [3.8, 4) is 0 Å². The standard InChI is InChI=1S/C32H37FN6O/c1-37-16-18-38(19-17-37)28-13-11-25(12-14-28)32(40)34-31-29-22-24(20-23-6-5-7-26(33)21-23)10-15-30(29)39(36-31)35-27-8-3-2-4-9-27/h5-7,10-15,21-22,27,35H,2-4,8-9,16-20H2,1H3,(H,34,36,40). The Morgan fingerprint density at radius 1 is 0.925 bits per heavy atom. The summed E-state index contributed by atoms with van der Waals surface area (Å²) in [5.74, 6) is 0.0897. The predicted octanol–water partition coefficient (Wildman–Crippen LogP) is 5.65. The Labute approximate surface area is 234 Å². The average molecular weight is 541 g/mol. The van der Waals surface area contributed by atoms with Gasteiger partial charge in [-0.2, -0.15) is 4.79 Å². The number of likely N-dealkylation sites (N-methyl/N-ethyl adjacent to an activating group) is 1. The molecule has 2 N–H and O–H groups in total. The number of benzene rings is 3. The maximum Gasteiger partial charge on any atom is 0.256 e. The second-order valence-electron chi connectivity index (χ2n) is 11.2. The van der Waals surface area contributed by atoms with Crippen molar-refractivity contribution in [2.75, 3.05) is 48.9 Å². The van der Waals surface area contributed by atoms with Gasteiger partial charge >= 0.3 is 0 Å². The van der Waals surface area contributed by atoms with Crippen LogP contribution < -0.4 is 15.6 Å². The molecule has 0 radical (unpaired) electrons. The molecule has 8 heteroatoms. The van der Waals surface area contributed by atoms with E-state index < -0.39 is 0 Å². The Balaban J connectivity index is 1.25. The van der Waals surface area contributed by atoms with Gasteiger partial charge in [0.05, 0.1) is 5.52 Å². The fourth-order valence-electron chi connectivity index (χ4n) is 5.82. The van der Waals surface area contributed by atoms with Crippen molar-refractivity contribution in [2.45, 2.75) is 44.6 Å². The second-order valence-corrected chi connectivity index (χ2v) is 11.2. The van der Waals surface area contributed by atoms with E-state index in [0.29, 0.717) is 23.8 Å². The van der Waals surface area contributed by atoms with Crippen LogP contribution in [0.2, 0.25) is 0 Å². The average Bonchev–Trinajstić information content (AvgIpc) is 3.30. The van der Waals surface area contributed by atoms with E-state index >= 15 is 0 Å². The minimum Gasteiger partial charge on any atom is -0.369 e. The molecule has 1 amide bonds.